The highest BCUT2D eigenvalue weighted by molar-refractivity contribution is 5.90. The lowest BCUT2D eigenvalue weighted by Crippen LogP contribution is -2.27. The van der Waals surface area contributed by atoms with Gasteiger partial charge in [0.2, 0.25) is 0 Å². The number of ether oxygens (including phenoxy) is 1. The van der Waals surface area contributed by atoms with Crippen molar-refractivity contribution in [1.82, 2.24) is 39.7 Å². The number of aryl methyl sites for hydroxylation is 1. The first kappa shape index (κ1) is 21.3. The highest BCUT2D eigenvalue weighted by atomic mass is 19.1. The molecule has 0 atom stereocenters. The first-order valence-corrected chi connectivity index (χ1v) is 11.3. The monoisotopic (exact) mass is 472 g/mol. The third-order valence-electron chi connectivity index (χ3n) is 6.29. The second-order valence-corrected chi connectivity index (χ2v) is 8.54. The van der Waals surface area contributed by atoms with Gasteiger partial charge in [0.1, 0.15) is 17.0 Å². The minimum Gasteiger partial charge on any atom is -0.426 e. The lowest BCUT2D eigenvalue weighted by molar-refractivity contribution is -0.120. The zero-order chi connectivity index (χ0) is 23.9. The molecular formula is C24H21FN8O2. The van der Waals surface area contributed by atoms with Crippen LogP contribution in [-0.2, 0) is 4.79 Å². The third kappa shape index (κ3) is 3.69. The molecule has 1 aromatic carbocycles. The van der Waals surface area contributed by atoms with Crippen molar-refractivity contribution < 1.29 is 13.9 Å². The number of imidazole rings is 2. The minimum absolute atomic E-state index is 0.0356. The molecule has 4 aromatic heterocycles. The number of fused-ring (bicyclic) bond motifs is 2. The molecule has 10 nitrogen and oxygen atoms in total. The van der Waals surface area contributed by atoms with E-state index < -0.39 is 5.82 Å². The topological polar surface area (TPSA) is 112 Å². The Kier molecular flexibility index (Phi) is 5.18. The van der Waals surface area contributed by atoms with Gasteiger partial charge in [0.25, 0.3) is 6.47 Å². The Morgan fingerprint density at radius 3 is 2.83 bits per heavy atom. The maximum atomic E-state index is 15.6. The molecule has 1 N–H and O–H groups in total. The SMILES string of the molecule is Cc1cn2nc(-c3cc(F)c4c(OC=O)c(C5CCNCC5)nnc4c3)cc(-n3ccnc3)c2n1. The maximum Gasteiger partial charge on any atom is 0.298 e. The van der Waals surface area contributed by atoms with Gasteiger partial charge in [-0.1, -0.05) is 0 Å². The molecule has 1 aliphatic rings. The number of benzene rings is 1. The van der Waals surface area contributed by atoms with Crippen LogP contribution >= 0.6 is 0 Å². The van der Waals surface area contributed by atoms with Gasteiger partial charge in [-0.3, -0.25) is 4.79 Å². The summed E-state index contributed by atoms with van der Waals surface area (Å²) in [6.45, 7) is 3.81. The van der Waals surface area contributed by atoms with Gasteiger partial charge in [0.15, 0.2) is 11.4 Å². The Balaban J connectivity index is 1.53. The van der Waals surface area contributed by atoms with Gasteiger partial charge in [0.05, 0.1) is 35.0 Å². The van der Waals surface area contributed by atoms with Crippen LogP contribution in [0, 0.1) is 12.7 Å². The van der Waals surface area contributed by atoms with Crippen molar-refractivity contribution in [2.75, 3.05) is 13.1 Å². The van der Waals surface area contributed by atoms with Crippen molar-refractivity contribution in [2.24, 2.45) is 0 Å². The summed E-state index contributed by atoms with van der Waals surface area (Å²) in [5, 5.41) is 16.7. The van der Waals surface area contributed by atoms with E-state index in [1.165, 1.54) is 6.07 Å². The summed E-state index contributed by atoms with van der Waals surface area (Å²) in [5.74, 6) is -0.394. The third-order valence-corrected chi connectivity index (χ3v) is 6.29. The summed E-state index contributed by atoms with van der Waals surface area (Å²) in [4.78, 5) is 20.0. The number of halogens is 1. The zero-order valence-electron chi connectivity index (χ0n) is 18.8. The number of piperidine rings is 1. The van der Waals surface area contributed by atoms with Crippen molar-refractivity contribution in [3.8, 4) is 22.7 Å². The number of aromatic nitrogens is 7. The van der Waals surface area contributed by atoms with Gasteiger partial charge in [-0.2, -0.15) is 10.2 Å². The largest absolute Gasteiger partial charge is 0.426 e. The van der Waals surface area contributed by atoms with Crippen molar-refractivity contribution in [3.05, 3.63) is 60.3 Å². The Bertz CT molecular complexity index is 1560. The molecule has 1 fully saturated rings. The first-order valence-electron chi connectivity index (χ1n) is 11.3. The van der Waals surface area contributed by atoms with Gasteiger partial charge in [-0.15, -0.1) is 5.10 Å². The van der Waals surface area contributed by atoms with E-state index in [1.807, 2.05) is 17.6 Å². The van der Waals surface area contributed by atoms with E-state index in [4.69, 9.17) is 4.74 Å². The Morgan fingerprint density at radius 2 is 2.06 bits per heavy atom. The predicted octanol–water partition coefficient (Wildman–Crippen LogP) is 2.97. The molecule has 0 saturated carbocycles. The van der Waals surface area contributed by atoms with Gasteiger partial charge >= 0.3 is 0 Å². The standard InChI is InChI=1S/C24H21FN8O2/c1-14-11-33-24(28-14)20(32-7-6-27-12-32)10-18(31-33)16-8-17(25)21-19(9-16)29-30-22(23(21)35-13-34)15-2-4-26-5-3-15/h6-13,15,26H,2-5H2,1H3. The van der Waals surface area contributed by atoms with E-state index in [1.54, 1.807) is 35.5 Å². The molecule has 5 heterocycles. The quantitative estimate of drug-likeness (QED) is 0.389. The smallest absolute Gasteiger partial charge is 0.298 e. The van der Waals surface area contributed by atoms with Crippen molar-refractivity contribution in [2.45, 2.75) is 25.7 Å². The Hall–Kier alpha value is -4.25. The number of carbonyl (C=O) groups excluding carboxylic acids is 1. The molecule has 0 unspecified atom stereocenters. The molecule has 35 heavy (non-hydrogen) atoms. The Labute approximate surface area is 198 Å². The zero-order valence-corrected chi connectivity index (χ0v) is 18.8. The van der Waals surface area contributed by atoms with E-state index in [0.29, 0.717) is 29.1 Å². The normalized spacial score (nSPS) is 14.6. The van der Waals surface area contributed by atoms with Gasteiger partial charge in [0, 0.05) is 23.9 Å². The van der Waals surface area contributed by atoms with Crippen LogP contribution in [0.1, 0.15) is 30.1 Å². The summed E-state index contributed by atoms with van der Waals surface area (Å²) < 4.78 is 24.4. The average Bonchev–Trinajstić information content (AvgIpc) is 3.53. The number of nitrogens with one attached hydrogen (secondary N) is 1. The molecule has 6 rings (SSSR count). The average molecular weight is 472 g/mol. The molecule has 0 aliphatic carbocycles. The van der Waals surface area contributed by atoms with Crippen LogP contribution in [0.25, 0.3) is 33.5 Å². The van der Waals surface area contributed by atoms with E-state index in [-0.39, 0.29) is 22.6 Å². The molecule has 1 saturated heterocycles. The van der Waals surface area contributed by atoms with Gasteiger partial charge < -0.3 is 14.6 Å². The second-order valence-electron chi connectivity index (χ2n) is 8.54. The van der Waals surface area contributed by atoms with Crippen LogP contribution in [0.4, 0.5) is 4.39 Å². The van der Waals surface area contributed by atoms with Crippen molar-refractivity contribution in [3.63, 3.8) is 0 Å². The molecule has 0 bridgehead atoms. The molecule has 11 heteroatoms. The molecule has 0 spiro atoms. The molecule has 176 valence electrons. The van der Waals surface area contributed by atoms with E-state index >= 15 is 4.39 Å². The first-order chi connectivity index (χ1) is 17.1. The number of carbonyl (C=O) groups is 1. The molecule has 0 amide bonds. The molecule has 5 aromatic rings. The van der Waals surface area contributed by atoms with Gasteiger partial charge in [-0.05, 0) is 51.1 Å². The predicted molar refractivity (Wildman–Crippen MR) is 125 cm³/mol. The highest BCUT2D eigenvalue weighted by Gasteiger charge is 2.25. The van der Waals surface area contributed by atoms with Crippen LogP contribution in [0.2, 0.25) is 0 Å². The number of hydrogen-bond donors (Lipinski definition) is 1. The fourth-order valence-corrected chi connectivity index (χ4v) is 4.66. The van der Waals surface area contributed by atoms with Crippen LogP contribution in [0.5, 0.6) is 5.75 Å². The van der Waals surface area contributed by atoms with Crippen LogP contribution in [-0.4, -0.2) is 53.9 Å². The lowest BCUT2D eigenvalue weighted by atomic mass is 9.92. The number of nitrogens with zero attached hydrogens (tertiary/aromatic N) is 7. The van der Waals surface area contributed by atoms with E-state index in [0.717, 1.165) is 37.3 Å². The minimum atomic E-state index is -0.563. The number of hydrogen-bond acceptors (Lipinski definition) is 8. The molecular weight excluding hydrogens is 451 g/mol. The maximum absolute atomic E-state index is 15.6. The summed E-state index contributed by atoms with van der Waals surface area (Å²) in [7, 11) is 0. The van der Waals surface area contributed by atoms with Gasteiger partial charge in [-0.25, -0.2) is 18.9 Å². The van der Waals surface area contributed by atoms with E-state index in [2.05, 4.69) is 30.6 Å². The highest BCUT2D eigenvalue weighted by Crippen LogP contribution is 2.38. The summed E-state index contributed by atoms with van der Waals surface area (Å²) in [6, 6.07) is 4.90. The lowest BCUT2D eigenvalue weighted by Gasteiger charge is -2.23. The van der Waals surface area contributed by atoms with Crippen molar-refractivity contribution >= 4 is 23.0 Å². The summed E-state index contributed by atoms with van der Waals surface area (Å²) in [5.41, 5.74) is 4.01. The van der Waals surface area contributed by atoms with Crippen LogP contribution < -0.4 is 10.1 Å². The van der Waals surface area contributed by atoms with Crippen molar-refractivity contribution in [1.29, 1.82) is 0 Å². The summed E-state index contributed by atoms with van der Waals surface area (Å²) in [6.07, 6.45) is 8.56. The van der Waals surface area contributed by atoms with Crippen LogP contribution in [0.15, 0.2) is 43.1 Å². The second kappa shape index (κ2) is 8.51. The molecule has 0 radical (unpaired) electrons. The fourth-order valence-electron chi connectivity index (χ4n) is 4.66. The Morgan fingerprint density at radius 1 is 1.20 bits per heavy atom. The molecule has 1 aliphatic heterocycles. The number of rotatable bonds is 5. The van der Waals surface area contributed by atoms with E-state index in [9.17, 15) is 4.79 Å². The fraction of sp³-hybridized carbons (Fsp3) is 0.250. The van der Waals surface area contributed by atoms with Crippen LogP contribution in [0.3, 0.4) is 0 Å². The summed E-state index contributed by atoms with van der Waals surface area (Å²) >= 11 is 0.